The van der Waals surface area contributed by atoms with Crippen molar-refractivity contribution in [2.75, 3.05) is 0 Å². The van der Waals surface area contributed by atoms with Gasteiger partial charge in [0, 0.05) is 18.2 Å². The molecule has 108 valence electrons. The summed E-state index contributed by atoms with van der Waals surface area (Å²) >= 11 is 0. The maximum Gasteiger partial charge on any atom is 0.124 e. The number of nitrogens with one attached hydrogen (secondary N) is 1. The molecule has 0 aliphatic rings. The Labute approximate surface area is 122 Å². The van der Waals surface area contributed by atoms with E-state index in [1.165, 1.54) is 16.3 Å². The first-order valence-corrected chi connectivity index (χ1v) is 7.52. The van der Waals surface area contributed by atoms with E-state index in [-0.39, 0.29) is 6.10 Å². The number of benzene rings is 2. The summed E-state index contributed by atoms with van der Waals surface area (Å²) in [5.74, 6) is 1.01. The van der Waals surface area contributed by atoms with Crippen LogP contribution in [0, 0.1) is 0 Å². The van der Waals surface area contributed by atoms with Gasteiger partial charge < -0.3 is 10.1 Å². The molecule has 0 saturated heterocycles. The quantitative estimate of drug-likeness (QED) is 0.834. The molecule has 1 N–H and O–H groups in total. The third-order valence-corrected chi connectivity index (χ3v) is 3.59. The molecule has 0 aliphatic heterocycles. The molecule has 0 radical (unpaired) electrons. The van der Waals surface area contributed by atoms with Gasteiger partial charge in [0.15, 0.2) is 0 Å². The third kappa shape index (κ3) is 3.51. The SMILES string of the molecule is CCC(C)Oc1ccc2ccccc2c1CNC(C)C. The van der Waals surface area contributed by atoms with Crippen LogP contribution in [0.2, 0.25) is 0 Å². The van der Waals surface area contributed by atoms with Gasteiger partial charge in [0.25, 0.3) is 0 Å². The van der Waals surface area contributed by atoms with Gasteiger partial charge in [0.2, 0.25) is 0 Å². The Hall–Kier alpha value is -1.54. The van der Waals surface area contributed by atoms with E-state index in [2.05, 4.69) is 69.4 Å². The normalized spacial score (nSPS) is 12.8. The first kappa shape index (κ1) is 14.9. The van der Waals surface area contributed by atoms with Crippen molar-refractivity contribution >= 4 is 10.8 Å². The van der Waals surface area contributed by atoms with Crippen molar-refractivity contribution in [3.63, 3.8) is 0 Å². The van der Waals surface area contributed by atoms with Gasteiger partial charge in [0.1, 0.15) is 5.75 Å². The van der Waals surface area contributed by atoms with E-state index in [1.807, 2.05) is 0 Å². The van der Waals surface area contributed by atoms with Gasteiger partial charge in [-0.25, -0.2) is 0 Å². The Morgan fingerprint density at radius 2 is 1.80 bits per heavy atom. The molecule has 0 bridgehead atoms. The molecular formula is C18H25NO. The molecule has 2 rings (SSSR count). The molecule has 1 unspecified atom stereocenters. The van der Waals surface area contributed by atoms with Crippen LogP contribution in [0.1, 0.15) is 39.7 Å². The lowest BCUT2D eigenvalue weighted by molar-refractivity contribution is 0.215. The second kappa shape index (κ2) is 6.76. The fourth-order valence-corrected chi connectivity index (χ4v) is 2.21. The summed E-state index contributed by atoms with van der Waals surface area (Å²) in [7, 11) is 0. The molecule has 2 nitrogen and oxygen atoms in total. The van der Waals surface area contributed by atoms with Crippen LogP contribution in [-0.4, -0.2) is 12.1 Å². The standard InChI is InChI=1S/C18H25NO/c1-5-14(4)20-18-11-10-15-8-6-7-9-16(15)17(18)12-19-13(2)3/h6-11,13-14,19H,5,12H2,1-4H3. The molecule has 0 fully saturated rings. The summed E-state index contributed by atoms with van der Waals surface area (Å²) in [5.41, 5.74) is 1.26. The zero-order valence-corrected chi connectivity index (χ0v) is 12.9. The summed E-state index contributed by atoms with van der Waals surface area (Å²) in [6.07, 6.45) is 1.26. The Kier molecular flexibility index (Phi) is 5.02. The summed E-state index contributed by atoms with van der Waals surface area (Å²) in [6, 6.07) is 13.2. The molecule has 0 aliphatic carbocycles. The van der Waals surface area contributed by atoms with Crippen LogP contribution in [0.5, 0.6) is 5.75 Å². The zero-order valence-electron chi connectivity index (χ0n) is 12.9. The fraction of sp³-hybridized carbons (Fsp3) is 0.444. The van der Waals surface area contributed by atoms with Crippen LogP contribution in [0.4, 0.5) is 0 Å². The average molecular weight is 271 g/mol. The lowest BCUT2D eigenvalue weighted by Crippen LogP contribution is -2.23. The smallest absolute Gasteiger partial charge is 0.124 e. The van der Waals surface area contributed by atoms with Crippen molar-refractivity contribution in [1.29, 1.82) is 0 Å². The topological polar surface area (TPSA) is 21.3 Å². The van der Waals surface area contributed by atoms with E-state index in [0.29, 0.717) is 6.04 Å². The minimum atomic E-state index is 0.244. The zero-order chi connectivity index (χ0) is 14.5. The molecule has 2 aromatic carbocycles. The van der Waals surface area contributed by atoms with Gasteiger partial charge in [-0.2, -0.15) is 0 Å². The first-order chi connectivity index (χ1) is 9.61. The Balaban J connectivity index is 2.41. The van der Waals surface area contributed by atoms with Crippen molar-refractivity contribution in [3.8, 4) is 5.75 Å². The minimum Gasteiger partial charge on any atom is -0.490 e. The molecule has 20 heavy (non-hydrogen) atoms. The van der Waals surface area contributed by atoms with Crippen molar-refractivity contribution in [1.82, 2.24) is 5.32 Å². The molecule has 2 heteroatoms. The van der Waals surface area contributed by atoms with E-state index < -0.39 is 0 Å². The number of hydrogen-bond donors (Lipinski definition) is 1. The van der Waals surface area contributed by atoms with Crippen LogP contribution < -0.4 is 10.1 Å². The lowest BCUT2D eigenvalue weighted by atomic mass is 10.0. The number of rotatable bonds is 6. The summed E-state index contributed by atoms with van der Waals surface area (Å²) in [6.45, 7) is 9.44. The van der Waals surface area contributed by atoms with E-state index in [1.54, 1.807) is 0 Å². The predicted octanol–water partition coefficient (Wildman–Crippen LogP) is 4.52. The maximum atomic E-state index is 6.10. The molecule has 0 aromatic heterocycles. The highest BCUT2D eigenvalue weighted by Crippen LogP contribution is 2.29. The van der Waals surface area contributed by atoms with Crippen LogP contribution in [0.25, 0.3) is 10.8 Å². The van der Waals surface area contributed by atoms with Crippen molar-refractivity contribution < 1.29 is 4.74 Å². The number of hydrogen-bond acceptors (Lipinski definition) is 2. The van der Waals surface area contributed by atoms with Crippen molar-refractivity contribution in [2.45, 2.75) is 52.8 Å². The van der Waals surface area contributed by atoms with E-state index in [4.69, 9.17) is 4.74 Å². The van der Waals surface area contributed by atoms with Crippen molar-refractivity contribution in [3.05, 3.63) is 42.0 Å². The molecular weight excluding hydrogens is 246 g/mol. The van der Waals surface area contributed by atoms with Crippen molar-refractivity contribution in [2.24, 2.45) is 0 Å². The Bertz CT molecular complexity index is 562. The highest BCUT2D eigenvalue weighted by molar-refractivity contribution is 5.87. The Morgan fingerprint density at radius 3 is 2.50 bits per heavy atom. The molecule has 0 amide bonds. The van der Waals surface area contributed by atoms with E-state index in [0.717, 1.165) is 18.7 Å². The van der Waals surface area contributed by atoms with Crippen LogP contribution in [0.3, 0.4) is 0 Å². The lowest BCUT2D eigenvalue weighted by Gasteiger charge is -2.19. The molecule has 0 saturated carbocycles. The summed E-state index contributed by atoms with van der Waals surface area (Å²) in [5, 5.41) is 6.05. The summed E-state index contributed by atoms with van der Waals surface area (Å²) in [4.78, 5) is 0. The maximum absolute atomic E-state index is 6.10. The van der Waals surface area contributed by atoms with Gasteiger partial charge in [-0.15, -0.1) is 0 Å². The molecule has 0 heterocycles. The van der Waals surface area contributed by atoms with E-state index >= 15 is 0 Å². The van der Waals surface area contributed by atoms with Crippen LogP contribution in [0.15, 0.2) is 36.4 Å². The number of fused-ring (bicyclic) bond motifs is 1. The van der Waals surface area contributed by atoms with Gasteiger partial charge in [-0.1, -0.05) is 51.1 Å². The third-order valence-electron chi connectivity index (χ3n) is 3.59. The average Bonchev–Trinajstić information content (AvgIpc) is 2.45. The second-order valence-electron chi connectivity index (χ2n) is 5.64. The van der Waals surface area contributed by atoms with Gasteiger partial charge in [0.05, 0.1) is 6.10 Å². The van der Waals surface area contributed by atoms with Gasteiger partial charge >= 0.3 is 0 Å². The van der Waals surface area contributed by atoms with Crippen LogP contribution >= 0.6 is 0 Å². The van der Waals surface area contributed by atoms with E-state index in [9.17, 15) is 0 Å². The molecule has 1 atom stereocenters. The predicted molar refractivity (Wildman–Crippen MR) is 86.3 cm³/mol. The highest BCUT2D eigenvalue weighted by atomic mass is 16.5. The first-order valence-electron chi connectivity index (χ1n) is 7.52. The minimum absolute atomic E-state index is 0.244. The summed E-state index contributed by atoms with van der Waals surface area (Å²) < 4.78 is 6.10. The monoisotopic (exact) mass is 271 g/mol. The second-order valence-corrected chi connectivity index (χ2v) is 5.64. The van der Waals surface area contributed by atoms with Gasteiger partial charge in [-0.05, 0) is 30.2 Å². The molecule has 2 aromatic rings. The Morgan fingerprint density at radius 1 is 1.05 bits per heavy atom. The largest absolute Gasteiger partial charge is 0.490 e. The number of ether oxygens (including phenoxy) is 1. The highest BCUT2D eigenvalue weighted by Gasteiger charge is 2.11. The van der Waals surface area contributed by atoms with Gasteiger partial charge in [-0.3, -0.25) is 0 Å². The molecule has 0 spiro atoms. The fourth-order valence-electron chi connectivity index (χ4n) is 2.21. The van der Waals surface area contributed by atoms with Crippen LogP contribution in [-0.2, 0) is 6.54 Å².